The van der Waals surface area contributed by atoms with Gasteiger partial charge in [-0.25, -0.2) is 13.1 Å². The highest BCUT2D eigenvalue weighted by atomic mass is 32.2. The molecule has 21 heavy (non-hydrogen) atoms. The van der Waals surface area contributed by atoms with Gasteiger partial charge in [0.25, 0.3) is 0 Å². The van der Waals surface area contributed by atoms with Crippen LogP contribution in [0.15, 0.2) is 29.4 Å². The Labute approximate surface area is 124 Å². The van der Waals surface area contributed by atoms with Crippen molar-refractivity contribution < 1.29 is 13.2 Å². The fraction of sp³-hybridized carbons (Fsp3) is 0.538. The van der Waals surface area contributed by atoms with Gasteiger partial charge in [0.05, 0.1) is 0 Å². The summed E-state index contributed by atoms with van der Waals surface area (Å²) < 4.78 is 26.3. The van der Waals surface area contributed by atoms with Gasteiger partial charge in [0.1, 0.15) is 4.90 Å². The molecule has 116 valence electrons. The van der Waals surface area contributed by atoms with Crippen LogP contribution in [-0.2, 0) is 14.8 Å². The quantitative estimate of drug-likeness (QED) is 0.750. The van der Waals surface area contributed by atoms with Crippen molar-refractivity contribution in [1.29, 1.82) is 0 Å². The van der Waals surface area contributed by atoms with Crippen molar-refractivity contribution in [2.75, 3.05) is 19.6 Å². The number of rotatable bonds is 6. The second-order valence-electron chi connectivity index (χ2n) is 4.96. The van der Waals surface area contributed by atoms with E-state index in [1.165, 1.54) is 18.5 Å². The molecule has 0 saturated carbocycles. The number of sulfonamides is 1. The van der Waals surface area contributed by atoms with E-state index in [9.17, 15) is 13.2 Å². The van der Waals surface area contributed by atoms with E-state index >= 15 is 0 Å². The third-order valence-electron chi connectivity index (χ3n) is 3.55. The molecular formula is C13H20N4O3S. The molecule has 1 saturated heterocycles. The van der Waals surface area contributed by atoms with Crippen LogP contribution in [0.5, 0.6) is 0 Å². The molecule has 1 unspecified atom stereocenters. The first-order valence-electron chi connectivity index (χ1n) is 6.94. The molecule has 1 aromatic heterocycles. The monoisotopic (exact) mass is 312 g/mol. The Kier molecular flexibility index (Phi) is 5.27. The van der Waals surface area contributed by atoms with Crippen molar-refractivity contribution in [3.8, 4) is 0 Å². The Morgan fingerprint density at radius 1 is 1.52 bits per heavy atom. The predicted octanol–water partition coefficient (Wildman–Crippen LogP) is -0.300. The molecule has 0 aromatic carbocycles. The summed E-state index contributed by atoms with van der Waals surface area (Å²) in [4.78, 5) is 17.7. The maximum absolute atomic E-state index is 12.1. The van der Waals surface area contributed by atoms with Gasteiger partial charge in [-0.2, -0.15) is 0 Å². The zero-order chi connectivity index (χ0) is 15.3. The van der Waals surface area contributed by atoms with Gasteiger partial charge in [-0.15, -0.1) is 0 Å². The Morgan fingerprint density at radius 3 is 3.00 bits per heavy atom. The van der Waals surface area contributed by atoms with Gasteiger partial charge >= 0.3 is 0 Å². The van der Waals surface area contributed by atoms with E-state index in [1.807, 2.05) is 0 Å². The fourth-order valence-electron chi connectivity index (χ4n) is 2.43. The zero-order valence-corrected chi connectivity index (χ0v) is 12.6. The molecular weight excluding hydrogens is 292 g/mol. The summed E-state index contributed by atoms with van der Waals surface area (Å²) in [7, 11) is -3.61. The number of carbonyl (C=O) groups is 1. The van der Waals surface area contributed by atoms with Gasteiger partial charge in [-0.3, -0.25) is 9.78 Å². The van der Waals surface area contributed by atoms with Crippen molar-refractivity contribution >= 4 is 15.9 Å². The summed E-state index contributed by atoms with van der Waals surface area (Å²) in [5.41, 5.74) is 5.62. The van der Waals surface area contributed by atoms with Crippen LogP contribution in [0.2, 0.25) is 0 Å². The third-order valence-corrected chi connectivity index (χ3v) is 4.99. The van der Waals surface area contributed by atoms with Crippen molar-refractivity contribution in [3.05, 3.63) is 24.5 Å². The Hall–Kier alpha value is -1.51. The van der Waals surface area contributed by atoms with Crippen LogP contribution >= 0.6 is 0 Å². The number of nitrogens with one attached hydrogen (secondary N) is 1. The van der Waals surface area contributed by atoms with Crippen LogP contribution < -0.4 is 10.5 Å². The number of amides is 1. The molecule has 0 spiro atoms. The summed E-state index contributed by atoms with van der Waals surface area (Å²) in [6.07, 6.45) is 4.78. The largest absolute Gasteiger partial charge is 0.338 e. The number of nitrogens with zero attached hydrogens (tertiary/aromatic N) is 2. The lowest BCUT2D eigenvalue weighted by atomic mass is 10.2. The third kappa shape index (κ3) is 3.99. The van der Waals surface area contributed by atoms with Crippen molar-refractivity contribution in [1.82, 2.24) is 14.6 Å². The molecule has 0 bridgehead atoms. The molecule has 1 aliphatic heterocycles. The van der Waals surface area contributed by atoms with E-state index in [2.05, 4.69) is 9.71 Å². The summed E-state index contributed by atoms with van der Waals surface area (Å²) in [5, 5.41) is 0. The van der Waals surface area contributed by atoms with E-state index in [1.54, 1.807) is 11.0 Å². The number of hydrogen-bond donors (Lipinski definition) is 2. The van der Waals surface area contributed by atoms with E-state index in [-0.39, 0.29) is 29.8 Å². The lowest BCUT2D eigenvalue weighted by Gasteiger charge is -2.23. The highest BCUT2D eigenvalue weighted by Crippen LogP contribution is 2.17. The summed E-state index contributed by atoms with van der Waals surface area (Å²) in [6, 6.07) is 3.10. The highest BCUT2D eigenvalue weighted by Gasteiger charge is 2.27. The van der Waals surface area contributed by atoms with Crippen molar-refractivity contribution in [3.63, 3.8) is 0 Å². The number of aromatic nitrogens is 1. The van der Waals surface area contributed by atoms with E-state index in [0.29, 0.717) is 13.1 Å². The number of nitrogens with two attached hydrogens (primary N) is 1. The minimum atomic E-state index is -3.61. The van der Waals surface area contributed by atoms with Crippen LogP contribution in [-0.4, -0.2) is 49.9 Å². The normalized spacial score (nSPS) is 18.9. The first-order chi connectivity index (χ1) is 10.0. The van der Waals surface area contributed by atoms with Gasteiger partial charge < -0.3 is 10.6 Å². The van der Waals surface area contributed by atoms with Crippen LogP contribution in [0.4, 0.5) is 0 Å². The minimum absolute atomic E-state index is 0.0585. The fourth-order valence-corrected chi connectivity index (χ4v) is 3.43. The zero-order valence-electron chi connectivity index (χ0n) is 11.7. The van der Waals surface area contributed by atoms with E-state index in [0.717, 1.165) is 12.8 Å². The number of likely N-dealkylation sites (tertiary alicyclic amines) is 1. The Bertz CT molecular complexity index is 576. The summed E-state index contributed by atoms with van der Waals surface area (Å²) in [6.45, 7) is 1.23. The molecule has 1 atom stereocenters. The molecule has 1 amide bonds. The standard InChI is InChI=1S/C13H20N4O3S/c14-9-11-3-2-8-17(11)13(18)5-7-16-21(19,20)12-4-1-6-15-10-12/h1,4,6,10-11,16H,2-3,5,7-9,14H2. The minimum Gasteiger partial charge on any atom is -0.338 e. The highest BCUT2D eigenvalue weighted by molar-refractivity contribution is 7.89. The number of pyridine rings is 1. The molecule has 2 heterocycles. The molecule has 3 N–H and O–H groups in total. The summed E-state index contributed by atoms with van der Waals surface area (Å²) >= 11 is 0. The maximum Gasteiger partial charge on any atom is 0.242 e. The van der Waals surface area contributed by atoms with Crippen LogP contribution in [0, 0.1) is 0 Å². The maximum atomic E-state index is 12.1. The second kappa shape index (κ2) is 6.97. The first kappa shape index (κ1) is 15.9. The first-order valence-corrected chi connectivity index (χ1v) is 8.42. The molecule has 0 radical (unpaired) electrons. The average Bonchev–Trinajstić information content (AvgIpc) is 2.96. The second-order valence-corrected chi connectivity index (χ2v) is 6.72. The molecule has 1 aliphatic rings. The lowest BCUT2D eigenvalue weighted by molar-refractivity contribution is -0.131. The van der Waals surface area contributed by atoms with E-state index < -0.39 is 10.0 Å². The van der Waals surface area contributed by atoms with Crippen molar-refractivity contribution in [2.24, 2.45) is 5.73 Å². The molecule has 8 heteroatoms. The molecule has 2 rings (SSSR count). The molecule has 1 aromatic rings. The van der Waals surface area contributed by atoms with Gasteiger partial charge in [0, 0.05) is 44.5 Å². The topological polar surface area (TPSA) is 105 Å². The molecule has 1 fully saturated rings. The van der Waals surface area contributed by atoms with E-state index in [4.69, 9.17) is 5.73 Å². The average molecular weight is 312 g/mol. The molecule has 7 nitrogen and oxygen atoms in total. The lowest BCUT2D eigenvalue weighted by Crippen LogP contribution is -2.41. The number of carbonyl (C=O) groups excluding carboxylic acids is 1. The Balaban J connectivity index is 1.85. The smallest absolute Gasteiger partial charge is 0.242 e. The SMILES string of the molecule is NCC1CCCN1C(=O)CCNS(=O)(=O)c1cccnc1. The van der Waals surface area contributed by atoms with Gasteiger partial charge in [-0.1, -0.05) is 0 Å². The Morgan fingerprint density at radius 2 is 2.33 bits per heavy atom. The van der Waals surface area contributed by atoms with Crippen molar-refractivity contribution in [2.45, 2.75) is 30.2 Å². The van der Waals surface area contributed by atoms with Gasteiger partial charge in [-0.05, 0) is 25.0 Å². The van der Waals surface area contributed by atoms with Crippen LogP contribution in [0.3, 0.4) is 0 Å². The molecule has 0 aliphatic carbocycles. The summed E-state index contributed by atoms with van der Waals surface area (Å²) in [5.74, 6) is -0.0585. The van der Waals surface area contributed by atoms with Gasteiger partial charge in [0.2, 0.25) is 15.9 Å². The number of hydrogen-bond acceptors (Lipinski definition) is 5. The van der Waals surface area contributed by atoms with Crippen LogP contribution in [0.1, 0.15) is 19.3 Å². The van der Waals surface area contributed by atoms with Gasteiger partial charge in [0.15, 0.2) is 0 Å². The predicted molar refractivity (Wildman–Crippen MR) is 77.8 cm³/mol. The van der Waals surface area contributed by atoms with Crippen LogP contribution in [0.25, 0.3) is 0 Å².